The van der Waals surface area contributed by atoms with E-state index in [-0.39, 0.29) is 31.2 Å². The summed E-state index contributed by atoms with van der Waals surface area (Å²) in [6.45, 7) is 6.82. The van der Waals surface area contributed by atoms with Crippen molar-refractivity contribution in [3.63, 3.8) is 0 Å². The largest absolute Gasteiger partial charge is 0.454 e. The molecule has 0 unspecified atom stereocenters. The average Bonchev–Trinajstić information content (AvgIpc) is 3.66. The summed E-state index contributed by atoms with van der Waals surface area (Å²) in [6.07, 6.45) is 4.26. The Morgan fingerprint density at radius 3 is 2.86 bits per heavy atom. The highest BCUT2D eigenvalue weighted by molar-refractivity contribution is 5.98. The average molecular weight is 499 g/mol. The third-order valence-electron chi connectivity index (χ3n) is 8.34. The Labute approximate surface area is 215 Å². The van der Waals surface area contributed by atoms with E-state index < -0.39 is 12.1 Å². The fourth-order valence-corrected chi connectivity index (χ4v) is 6.57. The van der Waals surface area contributed by atoms with Gasteiger partial charge in [-0.25, -0.2) is 0 Å². The molecule has 2 fully saturated rings. The zero-order valence-electron chi connectivity index (χ0n) is 20.7. The van der Waals surface area contributed by atoms with E-state index in [1.54, 1.807) is 0 Å². The SMILES string of the molecule is C=CCCN1CC[C@@H](N2CC(=O)N3[C@H](c4ccc5c(c4)OCO5)c4[nH]c5ccccc5c4C[C@@H]3C2=O)C1. The van der Waals surface area contributed by atoms with Gasteiger partial charge in [-0.15, -0.1) is 6.58 Å². The van der Waals surface area contributed by atoms with Crippen LogP contribution in [0.15, 0.2) is 55.1 Å². The number of benzene rings is 2. The number of hydrogen-bond donors (Lipinski definition) is 1. The number of hydrogen-bond acceptors (Lipinski definition) is 5. The van der Waals surface area contributed by atoms with Gasteiger partial charge in [0.15, 0.2) is 11.5 Å². The highest BCUT2D eigenvalue weighted by Crippen LogP contribution is 2.45. The van der Waals surface area contributed by atoms with Crippen LogP contribution in [-0.2, 0) is 16.0 Å². The second-order valence-corrected chi connectivity index (χ2v) is 10.4. The Hall–Kier alpha value is -3.78. The van der Waals surface area contributed by atoms with Gasteiger partial charge in [-0.05, 0) is 42.2 Å². The van der Waals surface area contributed by atoms with Crippen LogP contribution in [-0.4, -0.2) is 76.6 Å². The molecule has 1 N–H and O–H groups in total. The Kier molecular flexibility index (Phi) is 5.25. The van der Waals surface area contributed by atoms with Crippen LogP contribution in [0, 0.1) is 0 Å². The Morgan fingerprint density at radius 1 is 1.11 bits per heavy atom. The molecule has 0 bridgehead atoms. The molecule has 4 aliphatic rings. The Bertz CT molecular complexity index is 1410. The highest BCUT2D eigenvalue weighted by atomic mass is 16.7. The van der Waals surface area contributed by atoms with Crippen molar-refractivity contribution >= 4 is 22.7 Å². The molecule has 8 heteroatoms. The summed E-state index contributed by atoms with van der Waals surface area (Å²) in [5.41, 5.74) is 4.01. The van der Waals surface area contributed by atoms with Gasteiger partial charge in [-0.1, -0.05) is 30.3 Å². The molecular formula is C29H30N4O4. The van der Waals surface area contributed by atoms with Crippen LogP contribution >= 0.6 is 0 Å². The normalized spacial score (nSPS) is 25.0. The predicted molar refractivity (Wildman–Crippen MR) is 138 cm³/mol. The number of ether oxygens (including phenoxy) is 2. The quantitative estimate of drug-likeness (QED) is 0.547. The van der Waals surface area contributed by atoms with Crippen LogP contribution in [0.4, 0.5) is 0 Å². The minimum atomic E-state index is -0.536. The van der Waals surface area contributed by atoms with Crippen LogP contribution in [0.1, 0.15) is 35.7 Å². The van der Waals surface area contributed by atoms with Gasteiger partial charge in [-0.2, -0.15) is 0 Å². The number of likely N-dealkylation sites (tertiary alicyclic amines) is 1. The van der Waals surface area contributed by atoms with Gasteiger partial charge in [0.1, 0.15) is 12.6 Å². The zero-order valence-corrected chi connectivity index (χ0v) is 20.7. The summed E-state index contributed by atoms with van der Waals surface area (Å²) in [7, 11) is 0. The lowest BCUT2D eigenvalue weighted by Crippen LogP contribution is -2.65. The summed E-state index contributed by atoms with van der Waals surface area (Å²) in [5, 5.41) is 1.11. The Morgan fingerprint density at radius 2 is 1.97 bits per heavy atom. The summed E-state index contributed by atoms with van der Waals surface area (Å²) in [6, 6.07) is 13.1. The number of carbonyl (C=O) groups is 2. The van der Waals surface area contributed by atoms with Crippen LogP contribution in [0.25, 0.3) is 10.9 Å². The minimum absolute atomic E-state index is 0.0129. The molecule has 4 aliphatic heterocycles. The standard InChI is InChI=1S/C29H30N4O4/c1-2-3-11-31-12-10-19(15-31)32-16-26(34)33-23(29(32)35)14-21-20-6-4-5-7-22(20)30-27(21)28(33)18-8-9-24-25(13-18)37-17-36-24/h2,4-9,13,19,23,28,30H,1,3,10-12,14-17H2/t19-,23-,28-/m1/s1. The first-order valence-electron chi connectivity index (χ1n) is 13.1. The van der Waals surface area contributed by atoms with Gasteiger partial charge in [0.2, 0.25) is 18.6 Å². The second kappa shape index (κ2) is 8.66. The number of nitrogens with zero attached hydrogens (tertiary/aromatic N) is 3. The highest BCUT2D eigenvalue weighted by Gasteiger charge is 2.50. The van der Waals surface area contributed by atoms with Gasteiger partial charge in [0.25, 0.3) is 0 Å². The summed E-state index contributed by atoms with van der Waals surface area (Å²) in [5.74, 6) is 1.40. The number of rotatable bonds is 5. The zero-order chi connectivity index (χ0) is 25.1. The molecule has 5 heterocycles. The lowest BCUT2D eigenvalue weighted by atomic mass is 9.85. The smallest absolute Gasteiger partial charge is 0.246 e. The molecule has 0 radical (unpaired) electrons. The number of H-pyrrole nitrogens is 1. The number of para-hydroxylation sites is 1. The molecule has 3 aromatic rings. The molecule has 3 atom stereocenters. The van der Waals surface area contributed by atoms with Gasteiger partial charge < -0.3 is 29.2 Å². The van der Waals surface area contributed by atoms with Crippen LogP contribution in [0.2, 0.25) is 0 Å². The number of piperazine rings is 1. The molecule has 2 amide bonds. The van der Waals surface area contributed by atoms with E-state index in [2.05, 4.69) is 28.6 Å². The number of carbonyl (C=O) groups excluding carboxylic acids is 2. The van der Waals surface area contributed by atoms with Crippen molar-refractivity contribution in [3.05, 3.63) is 71.9 Å². The first-order chi connectivity index (χ1) is 18.1. The number of fused-ring (bicyclic) bond motifs is 5. The van der Waals surface area contributed by atoms with Crippen molar-refractivity contribution in [2.75, 3.05) is 33.0 Å². The molecule has 0 saturated carbocycles. The lowest BCUT2D eigenvalue weighted by molar-refractivity contribution is -0.160. The summed E-state index contributed by atoms with van der Waals surface area (Å²) in [4.78, 5) is 37.6. The minimum Gasteiger partial charge on any atom is -0.454 e. The third kappa shape index (κ3) is 3.54. The van der Waals surface area contributed by atoms with E-state index in [1.807, 2.05) is 46.2 Å². The molecule has 2 saturated heterocycles. The molecule has 8 nitrogen and oxygen atoms in total. The Balaban J connectivity index is 1.28. The van der Waals surface area contributed by atoms with Crippen LogP contribution < -0.4 is 9.47 Å². The molecule has 190 valence electrons. The van der Waals surface area contributed by atoms with Gasteiger partial charge in [0, 0.05) is 48.7 Å². The fourth-order valence-electron chi connectivity index (χ4n) is 6.57. The maximum atomic E-state index is 14.1. The first-order valence-corrected chi connectivity index (χ1v) is 13.1. The van der Waals surface area contributed by atoms with Crippen LogP contribution in [0.5, 0.6) is 11.5 Å². The van der Waals surface area contributed by atoms with E-state index in [0.717, 1.165) is 60.2 Å². The number of amides is 2. The molecule has 7 rings (SSSR count). The van der Waals surface area contributed by atoms with Crippen LogP contribution in [0.3, 0.4) is 0 Å². The first kappa shape index (κ1) is 22.4. The van der Waals surface area contributed by atoms with Crippen molar-refractivity contribution in [2.45, 2.75) is 37.4 Å². The predicted octanol–water partition coefficient (Wildman–Crippen LogP) is 3.23. The van der Waals surface area contributed by atoms with Crippen molar-refractivity contribution in [1.82, 2.24) is 19.7 Å². The van der Waals surface area contributed by atoms with Crippen molar-refractivity contribution in [1.29, 1.82) is 0 Å². The monoisotopic (exact) mass is 498 g/mol. The number of aromatic amines is 1. The molecule has 1 aromatic heterocycles. The summed E-state index contributed by atoms with van der Waals surface area (Å²) < 4.78 is 11.2. The van der Waals surface area contributed by atoms with E-state index >= 15 is 0 Å². The lowest BCUT2D eigenvalue weighted by Gasteiger charge is -2.48. The molecule has 0 aliphatic carbocycles. The van der Waals surface area contributed by atoms with Gasteiger partial charge in [0.05, 0.1) is 6.04 Å². The fraction of sp³-hybridized carbons (Fsp3) is 0.379. The molecule has 37 heavy (non-hydrogen) atoms. The van der Waals surface area contributed by atoms with E-state index in [9.17, 15) is 9.59 Å². The third-order valence-corrected chi connectivity index (χ3v) is 8.34. The van der Waals surface area contributed by atoms with E-state index in [0.29, 0.717) is 17.9 Å². The van der Waals surface area contributed by atoms with E-state index in [4.69, 9.17) is 9.47 Å². The van der Waals surface area contributed by atoms with Crippen molar-refractivity contribution < 1.29 is 19.1 Å². The number of aromatic nitrogens is 1. The molecule has 0 spiro atoms. The van der Waals surface area contributed by atoms with Gasteiger partial charge >= 0.3 is 0 Å². The maximum Gasteiger partial charge on any atom is 0.246 e. The summed E-state index contributed by atoms with van der Waals surface area (Å²) >= 11 is 0. The molecular weight excluding hydrogens is 468 g/mol. The van der Waals surface area contributed by atoms with Crippen molar-refractivity contribution in [2.24, 2.45) is 0 Å². The topological polar surface area (TPSA) is 78.1 Å². The number of nitrogens with one attached hydrogen (secondary N) is 1. The molecule has 2 aromatic carbocycles. The van der Waals surface area contributed by atoms with Crippen molar-refractivity contribution in [3.8, 4) is 11.5 Å². The maximum absolute atomic E-state index is 14.1. The second-order valence-electron chi connectivity index (χ2n) is 10.4. The van der Waals surface area contributed by atoms with Gasteiger partial charge in [-0.3, -0.25) is 9.59 Å². The van der Waals surface area contributed by atoms with E-state index in [1.165, 1.54) is 0 Å².